The highest BCUT2D eigenvalue weighted by Crippen LogP contribution is 2.31. The number of anilines is 1. The van der Waals surface area contributed by atoms with E-state index in [1.165, 1.54) is 6.42 Å². The molecule has 4 heteroatoms. The van der Waals surface area contributed by atoms with Gasteiger partial charge in [0.2, 0.25) is 0 Å². The number of nitrogen functional groups attached to an aromatic ring is 1. The van der Waals surface area contributed by atoms with Crippen LogP contribution in [0.2, 0.25) is 0 Å². The van der Waals surface area contributed by atoms with Crippen molar-refractivity contribution >= 4 is 5.82 Å². The van der Waals surface area contributed by atoms with E-state index in [0.29, 0.717) is 12.5 Å². The first kappa shape index (κ1) is 13.2. The molecule has 1 aromatic heterocycles. The van der Waals surface area contributed by atoms with Gasteiger partial charge in [0.15, 0.2) is 0 Å². The number of ether oxygens (including phenoxy) is 1. The van der Waals surface area contributed by atoms with Gasteiger partial charge in [0.1, 0.15) is 17.3 Å². The standard InChI is InChI=1S/C16H21N3O/c1-11-6-7-19-14(8-11)18-15(16(19)17)13-5-3-4-12(9-13)10-20-2/h3-5,9,11H,6-8,10,17H2,1-2H3. The highest BCUT2D eigenvalue weighted by Gasteiger charge is 2.22. The predicted octanol–water partition coefficient (Wildman–Crippen LogP) is 2.86. The number of fused-ring (bicyclic) bond motifs is 1. The molecule has 0 aliphatic carbocycles. The second kappa shape index (κ2) is 5.29. The number of methoxy groups -OCH3 is 1. The van der Waals surface area contributed by atoms with Gasteiger partial charge >= 0.3 is 0 Å². The minimum atomic E-state index is 0.609. The van der Waals surface area contributed by atoms with Crippen molar-refractivity contribution in [3.8, 4) is 11.3 Å². The molecule has 1 aliphatic rings. The third-order valence-corrected chi connectivity index (χ3v) is 3.97. The van der Waals surface area contributed by atoms with Crippen molar-refractivity contribution in [2.45, 2.75) is 32.9 Å². The van der Waals surface area contributed by atoms with Crippen LogP contribution in [-0.4, -0.2) is 16.7 Å². The Hall–Kier alpha value is -1.81. The molecule has 0 saturated carbocycles. The van der Waals surface area contributed by atoms with E-state index in [-0.39, 0.29) is 0 Å². The average molecular weight is 271 g/mol. The molecule has 3 rings (SSSR count). The third kappa shape index (κ3) is 2.31. The van der Waals surface area contributed by atoms with Gasteiger partial charge in [0, 0.05) is 25.6 Å². The zero-order valence-corrected chi connectivity index (χ0v) is 12.1. The lowest BCUT2D eigenvalue weighted by molar-refractivity contribution is 0.185. The Bertz CT molecular complexity index is 618. The summed E-state index contributed by atoms with van der Waals surface area (Å²) in [5.74, 6) is 2.60. The Kier molecular flexibility index (Phi) is 3.49. The van der Waals surface area contributed by atoms with Crippen LogP contribution in [0.1, 0.15) is 24.7 Å². The van der Waals surface area contributed by atoms with E-state index in [0.717, 1.165) is 41.4 Å². The van der Waals surface area contributed by atoms with Gasteiger partial charge in [-0.15, -0.1) is 0 Å². The van der Waals surface area contributed by atoms with Crippen molar-refractivity contribution in [2.24, 2.45) is 5.92 Å². The first-order valence-electron chi connectivity index (χ1n) is 7.12. The van der Waals surface area contributed by atoms with Gasteiger partial charge < -0.3 is 15.0 Å². The molecule has 106 valence electrons. The first-order valence-corrected chi connectivity index (χ1v) is 7.12. The Morgan fingerprint density at radius 3 is 3.10 bits per heavy atom. The van der Waals surface area contributed by atoms with Crippen LogP contribution in [0.4, 0.5) is 5.82 Å². The second-order valence-corrected chi connectivity index (χ2v) is 5.64. The van der Waals surface area contributed by atoms with Crippen molar-refractivity contribution in [3.05, 3.63) is 35.7 Å². The molecule has 1 aromatic carbocycles. The molecular formula is C16H21N3O. The number of imidazole rings is 1. The predicted molar refractivity (Wildman–Crippen MR) is 80.3 cm³/mol. The summed E-state index contributed by atoms with van der Waals surface area (Å²) < 4.78 is 7.35. The van der Waals surface area contributed by atoms with Crippen LogP contribution in [0, 0.1) is 5.92 Å². The van der Waals surface area contributed by atoms with E-state index in [1.54, 1.807) is 7.11 Å². The first-order chi connectivity index (χ1) is 9.69. The summed E-state index contributed by atoms with van der Waals surface area (Å²) in [5.41, 5.74) is 9.42. The van der Waals surface area contributed by atoms with Crippen molar-refractivity contribution < 1.29 is 4.74 Å². The van der Waals surface area contributed by atoms with Gasteiger partial charge in [-0.3, -0.25) is 0 Å². The third-order valence-electron chi connectivity index (χ3n) is 3.97. The molecular weight excluding hydrogens is 250 g/mol. The maximum atomic E-state index is 6.29. The van der Waals surface area contributed by atoms with Crippen LogP contribution in [0.3, 0.4) is 0 Å². The Labute approximate surface area is 119 Å². The number of nitrogens with two attached hydrogens (primary N) is 1. The summed E-state index contributed by atoms with van der Waals surface area (Å²) in [4.78, 5) is 4.77. The van der Waals surface area contributed by atoms with E-state index in [1.807, 2.05) is 6.07 Å². The lowest BCUT2D eigenvalue weighted by Gasteiger charge is -2.20. The fourth-order valence-electron chi connectivity index (χ4n) is 2.87. The number of nitrogens with zero attached hydrogens (tertiary/aromatic N) is 2. The molecule has 0 fully saturated rings. The lowest BCUT2D eigenvalue weighted by atomic mass is 10.0. The monoisotopic (exact) mass is 271 g/mol. The molecule has 20 heavy (non-hydrogen) atoms. The summed E-state index contributed by atoms with van der Waals surface area (Å²) in [6.45, 7) is 3.86. The summed E-state index contributed by atoms with van der Waals surface area (Å²) in [5, 5.41) is 0. The fourth-order valence-corrected chi connectivity index (χ4v) is 2.87. The zero-order chi connectivity index (χ0) is 14.1. The van der Waals surface area contributed by atoms with Crippen LogP contribution in [-0.2, 0) is 24.3 Å². The molecule has 1 unspecified atom stereocenters. The molecule has 1 atom stereocenters. The van der Waals surface area contributed by atoms with Crippen molar-refractivity contribution in [1.82, 2.24) is 9.55 Å². The van der Waals surface area contributed by atoms with E-state index < -0.39 is 0 Å². The highest BCUT2D eigenvalue weighted by atomic mass is 16.5. The summed E-state index contributed by atoms with van der Waals surface area (Å²) in [7, 11) is 1.71. The average Bonchev–Trinajstić information content (AvgIpc) is 2.76. The minimum absolute atomic E-state index is 0.609. The molecule has 2 aromatic rings. The Morgan fingerprint density at radius 2 is 2.30 bits per heavy atom. The van der Waals surface area contributed by atoms with Crippen LogP contribution in [0.25, 0.3) is 11.3 Å². The van der Waals surface area contributed by atoms with Crippen LogP contribution < -0.4 is 5.73 Å². The van der Waals surface area contributed by atoms with Gasteiger partial charge in [-0.2, -0.15) is 0 Å². The minimum Gasteiger partial charge on any atom is -0.383 e. The molecule has 2 N–H and O–H groups in total. The summed E-state index contributed by atoms with van der Waals surface area (Å²) in [6.07, 6.45) is 2.19. The second-order valence-electron chi connectivity index (χ2n) is 5.64. The SMILES string of the molecule is COCc1cccc(-c2nc3n(c2N)CCC(C)C3)c1. The largest absolute Gasteiger partial charge is 0.383 e. The zero-order valence-electron chi connectivity index (χ0n) is 12.1. The number of rotatable bonds is 3. The molecule has 4 nitrogen and oxygen atoms in total. The topological polar surface area (TPSA) is 53.1 Å². The Balaban J connectivity index is 2.00. The molecule has 0 saturated heterocycles. The molecule has 0 amide bonds. The van der Waals surface area contributed by atoms with E-state index in [9.17, 15) is 0 Å². The van der Waals surface area contributed by atoms with E-state index >= 15 is 0 Å². The number of hydrogen-bond acceptors (Lipinski definition) is 3. The Morgan fingerprint density at radius 1 is 1.45 bits per heavy atom. The summed E-state index contributed by atoms with van der Waals surface area (Å²) >= 11 is 0. The van der Waals surface area contributed by atoms with E-state index in [4.69, 9.17) is 15.5 Å². The molecule has 1 aliphatic heterocycles. The molecule has 0 radical (unpaired) electrons. The van der Waals surface area contributed by atoms with Gasteiger partial charge in [-0.25, -0.2) is 4.98 Å². The lowest BCUT2D eigenvalue weighted by Crippen LogP contribution is -2.18. The quantitative estimate of drug-likeness (QED) is 0.934. The molecule has 0 bridgehead atoms. The van der Waals surface area contributed by atoms with Gasteiger partial charge in [-0.1, -0.05) is 25.1 Å². The van der Waals surface area contributed by atoms with Gasteiger partial charge in [-0.05, 0) is 24.0 Å². The van der Waals surface area contributed by atoms with Crippen molar-refractivity contribution in [2.75, 3.05) is 12.8 Å². The van der Waals surface area contributed by atoms with Gasteiger partial charge in [0.05, 0.1) is 6.61 Å². The molecule has 2 heterocycles. The number of benzene rings is 1. The maximum Gasteiger partial charge on any atom is 0.131 e. The number of aromatic nitrogens is 2. The van der Waals surface area contributed by atoms with Crippen molar-refractivity contribution in [3.63, 3.8) is 0 Å². The smallest absolute Gasteiger partial charge is 0.131 e. The van der Waals surface area contributed by atoms with Crippen LogP contribution >= 0.6 is 0 Å². The summed E-state index contributed by atoms with van der Waals surface area (Å²) in [6, 6.07) is 8.26. The van der Waals surface area contributed by atoms with E-state index in [2.05, 4.69) is 29.7 Å². The van der Waals surface area contributed by atoms with Crippen LogP contribution in [0.15, 0.2) is 24.3 Å². The maximum absolute atomic E-state index is 6.29. The normalized spacial score (nSPS) is 18.0. The van der Waals surface area contributed by atoms with Crippen molar-refractivity contribution in [1.29, 1.82) is 0 Å². The fraction of sp³-hybridized carbons (Fsp3) is 0.438. The number of hydrogen-bond donors (Lipinski definition) is 1. The van der Waals surface area contributed by atoms with Gasteiger partial charge in [0.25, 0.3) is 0 Å². The van der Waals surface area contributed by atoms with Crippen LogP contribution in [0.5, 0.6) is 0 Å². The molecule has 0 spiro atoms. The highest BCUT2D eigenvalue weighted by molar-refractivity contribution is 5.71.